The highest BCUT2D eigenvalue weighted by molar-refractivity contribution is 5.92. The van der Waals surface area contributed by atoms with Crippen LogP contribution in [0.25, 0.3) is 0 Å². The van der Waals surface area contributed by atoms with Crippen molar-refractivity contribution in [3.63, 3.8) is 0 Å². The molecule has 2 heterocycles. The summed E-state index contributed by atoms with van der Waals surface area (Å²) in [6, 6.07) is -1.14. The van der Waals surface area contributed by atoms with Crippen LogP contribution < -0.4 is 5.32 Å². The lowest BCUT2D eigenvalue weighted by Crippen LogP contribution is -2.42. The number of rotatable bonds is 5. The summed E-state index contributed by atoms with van der Waals surface area (Å²) in [4.78, 5) is 24.4. The molecule has 0 radical (unpaired) electrons. The number of amides is 2. The van der Waals surface area contributed by atoms with Gasteiger partial charge in [-0.1, -0.05) is 0 Å². The number of hydrogen-bond acceptors (Lipinski definition) is 4. The zero-order valence-corrected chi connectivity index (χ0v) is 11.3. The van der Waals surface area contributed by atoms with E-state index in [0.29, 0.717) is 38.2 Å². The minimum Gasteiger partial charge on any atom is -0.480 e. The second kappa shape index (κ2) is 6.38. The van der Waals surface area contributed by atoms with E-state index in [1.54, 1.807) is 18.0 Å². The van der Waals surface area contributed by atoms with E-state index in [9.17, 15) is 9.59 Å². The lowest BCUT2D eigenvalue weighted by atomic mass is 10.2. The first-order chi connectivity index (χ1) is 9.61. The molecule has 2 N–H and O–H groups in total. The maximum Gasteiger partial charge on any atom is 0.326 e. The molecule has 0 saturated carbocycles. The molecular formula is C12H18N4O4. The van der Waals surface area contributed by atoms with Gasteiger partial charge in [0.2, 0.25) is 0 Å². The molecule has 0 spiro atoms. The van der Waals surface area contributed by atoms with Gasteiger partial charge in [0.1, 0.15) is 6.04 Å². The first-order valence-electron chi connectivity index (χ1n) is 6.43. The molecule has 1 aliphatic rings. The number of likely N-dealkylation sites (tertiary alicyclic amines) is 1. The first kappa shape index (κ1) is 14.3. The molecule has 8 heteroatoms. The molecule has 1 aliphatic heterocycles. The average molecular weight is 282 g/mol. The summed E-state index contributed by atoms with van der Waals surface area (Å²) in [5, 5.41) is 15.8. The van der Waals surface area contributed by atoms with E-state index in [0.717, 1.165) is 0 Å². The van der Waals surface area contributed by atoms with E-state index in [-0.39, 0.29) is 0 Å². The van der Waals surface area contributed by atoms with Crippen LogP contribution in [0.3, 0.4) is 0 Å². The van der Waals surface area contributed by atoms with Crippen molar-refractivity contribution in [2.45, 2.75) is 25.4 Å². The lowest BCUT2D eigenvalue weighted by Gasteiger charge is -2.21. The highest BCUT2D eigenvalue weighted by atomic mass is 16.5. The van der Waals surface area contributed by atoms with Crippen molar-refractivity contribution in [1.82, 2.24) is 14.7 Å². The van der Waals surface area contributed by atoms with Crippen LogP contribution in [-0.4, -0.2) is 58.1 Å². The Balaban J connectivity index is 1.93. The van der Waals surface area contributed by atoms with Crippen LogP contribution in [0.2, 0.25) is 0 Å². The highest BCUT2D eigenvalue weighted by Crippen LogP contribution is 2.19. The summed E-state index contributed by atoms with van der Waals surface area (Å²) >= 11 is 0. The number of nitrogens with one attached hydrogen (secondary N) is 1. The normalized spacial score (nSPS) is 18.2. The number of aliphatic carboxylic acids is 1. The average Bonchev–Trinajstić information content (AvgIpc) is 3.04. The number of carbonyl (C=O) groups is 2. The molecule has 1 aromatic rings. The molecule has 8 nitrogen and oxygen atoms in total. The predicted octanol–water partition coefficient (Wildman–Crippen LogP) is 0.610. The van der Waals surface area contributed by atoms with Crippen LogP contribution in [0.4, 0.5) is 10.5 Å². The molecule has 1 aromatic heterocycles. The lowest BCUT2D eigenvalue weighted by molar-refractivity contribution is -0.141. The minimum atomic E-state index is -0.964. The third-order valence-electron chi connectivity index (χ3n) is 3.21. The molecule has 20 heavy (non-hydrogen) atoms. The molecule has 0 aliphatic carbocycles. The van der Waals surface area contributed by atoms with Crippen molar-refractivity contribution in [2.24, 2.45) is 0 Å². The van der Waals surface area contributed by atoms with Crippen LogP contribution in [0.5, 0.6) is 0 Å². The van der Waals surface area contributed by atoms with Gasteiger partial charge in [-0.25, -0.2) is 9.59 Å². The summed E-state index contributed by atoms with van der Waals surface area (Å²) in [6.45, 7) is 1.58. The van der Waals surface area contributed by atoms with Crippen molar-refractivity contribution in [3.8, 4) is 0 Å². The second-order valence-electron chi connectivity index (χ2n) is 4.60. The number of anilines is 1. The topological polar surface area (TPSA) is 96.7 Å². The van der Waals surface area contributed by atoms with Crippen LogP contribution in [0.1, 0.15) is 12.8 Å². The van der Waals surface area contributed by atoms with Crippen LogP contribution in [-0.2, 0) is 16.1 Å². The number of nitrogens with zero attached hydrogens (tertiary/aromatic N) is 3. The second-order valence-corrected chi connectivity index (χ2v) is 4.60. The van der Waals surface area contributed by atoms with Crippen molar-refractivity contribution in [1.29, 1.82) is 0 Å². The first-order valence-corrected chi connectivity index (χ1v) is 6.43. The van der Waals surface area contributed by atoms with Gasteiger partial charge in [-0.05, 0) is 12.8 Å². The van der Waals surface area contributed by atoms with Crippen molar-refractivity contribution >= 4 is 17.7 Å². The number of ether oxygens (including phenoxy) is 1. The Morgan fingerprint density at radius 1 is 1.60 bits per heavy atom. The molecule has 110 valence electrons. The predicted molar refractivity (Wildman–Crippen MR) is 70.5 cm³/mol. The van der Waals surface area contributed by atoms with Crippen molar-refractivity contribution < 1.29 is 19.4 Å². The number of carboxylic acid groups (broad SMARTS) is 1. The zero-order valence-electron chi connectivity index (χ0n) is 11.3. The van der Waals surface area contributed by atoms with Crippen LogP contribution in [0.15, 0.2) is 12.4 Å². The maximum atomic E-state index is 12.0. The largest absolute Gasteiger partial charge is 0.480 e. The van der Waals surface area contributed by atoms with Gasteiger partial charge in [0.05, 0.1) is 25.0 Å². The zero-order chi connectivity index (χ0) is 14.5. The monoisotopic (exact) mass is 282 g/mol. The van der Waals surface area contributed by atoms with Crippen molar-refractivity contribution in [3.05, 3.63) is 12.4 Å². The fourth-order valence-electron chi connectivity index (χ4n) is 2.20. The Kier molecular flexibility index (Phi) is 4.57. The molecule has 0 bridgehead atoms. The molecule has 1 saturated heterocycles. The van der Waals surface area contributed by atoms with Crippen LogP contribution in [0, 0.1) is 0 Å². The number of aromatic nitrogens is 2. The number of carboxylic acids is 1. The van der Waals surface area contributed by atoms with Gasteiger partial charge in [0.15, 0.2) is 0 Å². The van der Waals surface area contributed by atoms with Gasteiger partial charge in [-0.2, -0.15) is 5.10 Å². The Bertz CT molecular complexity index is 488. The fraction of sp³-hybridized carbons (Fsp3) is 0.583. The van der Waals surface area contributed by atoms with E-state index in [2.05, 4.69) is 10.4 Å². The van der Waals surface area contributed by atoms with Crippen LogP contribution >= 0.6 is 0 Å². The van der Waals surface area contributed by atoms with E-state index < -0.39 is 18.0 Å². The van der Waals surface area contributed by atoms with E-state index in [4.69, 9.17) is 9.84 Å². The summed E-state index contributed by atoms with van der Waals surface area (Å²) < 4.78 is 6.59. The quantitative estimate of drug-likeness (QED) is 0.824. The molecule has 1 atom stereocenters. The number of carbonyl (C=O) groups excluding carboxylic acids is 1. The Morgan fingerprint density at radius 3 is 3.10 bits per heavy atom. The van der Waals surface area contributed by atoms with Gasteiger partial charge in [0, 0.05) is 19.9 Å². The van der Waals surface area contributed by atoms with Gasteiger partial charge in [0.25, 0.3) is 0 Å². The third-order valence-corrected chi connectivity index (χ3v) is 3.21. The Labute approximate surface area is 116 Å². The van der Waals surface area contributed by atoms with Gasteiger partial charge >= 0.3 is 12.0 Å². The number of hydrogen-bond donors (Lipinski definition) is 2. The Hall–Kier alpha value is -2.09. The molecular weight excluding hydrogens is 264 g/mol. The fourth-order valence-corrected chi connectivity index (χ4v) is 2.20. The third kappa shape index (κ3) is 3.27. The standard InChI is InChI=1S/C12H18N4O4/c1-20-6-5-15-8-9(7-13-15)14-12(19)16-4-2-3-10(16)11(17)18/h7-8,10H,2-6H2,1H3,(H,14,19)(H,17,18). The highest BCUT2D eigenvalue weighted by Gasteiger charge is 2.34. The van der Waals surface area contributed by atoms with Gasteiger partial charge in [-0.3, -0.25) is 4.68 Å². The van der Waals surface area contributed by atoms with E-state index in [1.807, 2.05) is 0 Å². The Morgan fingerprint density at radius 2 is 2.40 bits per heavy atom. The molecule has 0 aromatic carbocycles. The SMILES string of the molecule is COCCn1cc(NC(=O)N2CCCC2C(=O)O)cn1. The smallest absolute Gasteiger partial charge is 0.326 e. The summed E-state index contributed by atoms with van der Waals surface area (Å²) in [5.41, 5.74) is 0.544. The van der Waals surface area contributed by atoms with Crippen molar-refractivity contribution in [2.75, 3.05) is 25.6 Å². The van der Waals surface area contributed by atoms with E-state index >= 15 is 0 Å². The number of methoxy groups -OCH3 is 1. The molecule has 2 amide bonds. The number of urea groups is 1. The summed E-state index contributed by atoms with van der Waals surface area (Å²) in [6.07, 6.45) is 4.41. The minimum absolute atomic E-state index is 0.402. The maximum absolute atomic E-state index is 12.0. The van der Waals surface area contributed by atoms with E-state index in [1.165, 1.54) is 11.1 Å². The summed E-state index contributed by atoms with van der Waals surface area (Å²) in [5.74, 6) is -0.964. The molecule has 1 fully saturated rings. The van der Waals surface area contributed by atoms with Gasteiger partial charge < -0.3 is 20.1 Å². The van der Waals surface area contributed by atoms with Gasteiger partial charge in [-0.15, -0.1) is 0 Å². The molecule has 2 rings (SSSR count). The molecule has 1 unspecified atom stereocenters. The summed E-state index contributed by atoms with van der Waals surface area (Å²) in [7, 11) is 1.60.